The van der Waals surface area contributed by atoms with Crippen molar-refractivity contribution in [3.63, 3.8) is 0 Å². The predicted octanol–water partition coefficient (Wildman–Crippen LogP) is 1.87. The Morgan fingerprint density at radius 1 is 1.00 bits per heavy atom. The smallest absolute Gasteiger partial charge is 0.249 e. The topological polar surface area (TPSA) is 79.5 Å². The molecule has 6 nitrogen and oxygen atoms in total. The van der Waals surface area contributed by atoms with Crippen LogP contribution in [0.25, 0.3) is 0 Å². The molecule has 6 heteroatoms. The lowest BCUT2D eigenvalue weighted by molar-refractivity contribution is 0.389. The highest BCUT2D eigenvalue weighted by Crippen LogP contribution is 2.31. The van der Waals surface area contributed by atoms with Crippen LogP contribution in [-0.2, 0) is 0 Å². The maximum Gasteiger partial charge on any atom is 0.249 e. The van der Waals surface area contributed by atoms with Crippen LogP contribution in [0.4, 0.5) is 5.69 Å². The molecule has 2 rings (SSSR count). The van der Waals surface area contributed by atoms with Crippen molar-refractivity contribution in [2.45, 2.75) is 0 Å². The Hall–Kier alpha value is -2.50. The summed E-state index contributed by atoms with van der Waals surface area (Å²) in [6.07, 6.45) is 1.32. The van der Waals surface area contributed by atoms with Crippen LogP contribution in [0.5, 0.6) is 23.3 Å². The largest absolute Gasteiger partial charge is 0.497 e. The van der Waals surface area contributed by atoms with Gasteiger partial charge in [-0.15, -0.1) is 0 Å². The zero-order valence-corrected chi connectivity index (χ0v) is 10.1. The molecule has 2 aromatic rings. The minimum atomic E-state index is 0.245. The van der Waals surface area contributed by atoms with Crippen molar-refractivity contribution in [1.29, 1.82) is 0 Å². The van der Waals surface area contributed by atoms with Gasteiger partial charge in [-0.2, -0.15) is 9.97 Å². The molecule has 0 radical (unpaired) electrons. The molecule has 0 atom stereocenters. The van der Waals surface area contributed by atoms with E-state index in [9.17, 15) is 0 Å². The minimum Gasteiger partial charge on any atom is -0.497 e. The first-order valence-electron chi connectivity index (χ1n) is 5.21. The zero-order chi connectivity index (χ0) is 13.0. The highest BCUT2D eigenvalue weighted by Gasteiger charge is 2.10. The number of nitrogens with two attached hydrogens (primary N) is 1. The van der Waals surface area contributed by atoms with Gasteiger partial charge in [0.15, 0.2) is 5.69 Å². The second kappa shape index (κ2) is 5.22. The summed E-state index contributed by atoms with van der Waals surface area (Å²) in [5, 5.41) is 0. The first-order chi connectivity index (χ1) is 8.74. The molecular formula is C12H13N3O3. The van der Waals surface area contributed by atoms with Gasteiger partial charge < -0.3 is 19.9 Å². The Labute approximate surface area is 104 Å². The summed E-state index contributed by atoms with van der Waals surface area (Å²) in [6.45, 7) is 0. The molecule has 0 amide bonds. The highest BCUT2D eigenvalue weighted by atomic mass is 16.5. The lowest BCUT2D eigenvalue weighted by Crippen LogP contribution is -2.00. The summed E-state index contributed by atoms with van der Waals surface area (Å²) < 4.78 is 15.6. The predicted molar refractivity (Wildman–Crippen MR) is 66.1 cm³/mol. The zero-order valence-electron chi connectivity index (χ0n) is 10.1. The van der Waals surface area contributed by atoms with Crippen LogP contribution in [0, 0.1) is 0 Å². The number of aromatic nitrogens is 2. The number of nitrogen functional groups attached to an aromatic ring is 1. The van der Waals surface area contributed by atoms with Gasteiger partial charge in [0, 0.05) is 6.07 Å². The fraction of sp³-hybridized carbons (Fsp3) is 0.167. The van der Waals surface area contributed by atoms with Gasteiger partial charge >= 0.3 is 0 Å². The van der Waals surface area contributed by atoms with E-state index in [1.54, 1.807) is 19.2 Å². The van der Waals surface area contributed by atoms with Crippen molar-refractivity contribution in [2.24, 2.45) is 0 Å². The Morgan fingerprint density at radius 3 is 2.44 bits per heavy atom. The average molecular weight is 247 g/mol. The third-order valence-corrected chi connectivity index (χ3v) is 2.26. The Balaban J connectivity index is 2.28. The standard InChI is InChI=1S/C12H13N3O3/c1-16-8-4-3-5-9(6-8)18-12-10(13)11(17-2)14-7-15-12/h3-7H,13H2,1-2H3. The van der Waals surface area contributed by atoms with E-state index >= 15 is 0 Å². The van der Waals surface area contributed by atoms with E-state index < -0.39 is 0 Å². The van der Waals surface area contributed by atoms with Crippen molar-refractivity contribution in [3.05, 3.63) is 30.6 Å². The molecule has 18 heavy (non-hydrogen) atoms. The summed E-state index contributed by atoms with van der Waals surface area (Å²) >= 11 is 0. The van der Waals surface area contributed by atoms with E-state index in [-0.39, 0.29) is 17.4 Å². The molecule has 0 bridgehead atoms. The van der Waals surface area contributed by atoms with Gasteiger partial charge in [0.25, 0.3) is 0 Å². The Bertz CT molecular complexity index is 546. The van der Waals surface area contributed by atoms with Crippen molar-refractivity contribution in [3.8, 4) is 23.3 Å². The number of nitrogens with zero attached hydrogens (tertiary/aromatic N) is 2. The van der Waals surface area contributed by atoms with E-state index in [0.29, 0.717) is 11.5 Å². The van der Waals surface area contributed by atoms with E-state index in [1.807, 2.05) is 12.1 Å². The fourth-order valence-corrected chi connectivity index (χ4v) is 1.38. The van der Waals surface area contributed by atoms with Gasteiger partial charge in [0.2, 0.25) is 11.8 Å². The highest BCUT2D eigenvalue weighted by molar-refractivity contribution is 5.56. The number of anilines is 1. The minimum absolute atomic E-state index is 0.245. The molecule has 0 aliphatic carbocycles. The third kappa shape index (κ3) is 2.42. The summed E-state index contributed by atoms with van der Waals surface area (Å²) in [4.78, 5) is 7.83. The summed E-state index contributed by atoms with van der Waals surface area (Å²) in [6, 6.07) is 7.13. The number of methoxy groups -OCH3 is 2. The van der Waals surface area contributed by atoms with Crippen LogP contribution >= 0.6 is 0 Å². The van der Waals surface area contributed by atoms with Gasteiger partial charge in [-0.25, -0.2) is 0 Å². The monoisotopic (exact) mass is 247 g/mol. The lowest BCUT2D eigenvalue weighted by Gasteiger charge is -2.09. The van der Waals surface area contributed by atoms with Gasteiger partial charge in [-0.3, -0.25) is 0 Å². The molecule has 1 aromatic heterocycles. The van der Waals surface area contributed by atoms with Crippen molar-refractivity contribution in [1.82, 2.24) is 9.97 Å². The van der Waals surface area contributed by atoms with Gasteiger partial charge in [0.1, 0.15) is 17.8 Å². The molecule has 1 heterocycles. The maximum absolute atomic E-state index is 5.81. The second-order valence-corrected chi connectivity index (χ2v) is 3.38. The SMILES string of the molecule is COc1cccc(Oc2ncnc(OC)c2N)c1. The molecule has 0 saturated heterocycles. The molecule has 94 valence electrons. The van der Waals surface area contributed by atoms with Crippen molar-refractivity contribution < 1.29 is 14.2 Å². The van der Waals surface area contributed by atoms with E-state index in [2.05, 4.69) is 9.97 Å². The molecule has 0 unspecified atom stereocenters. The van der Waals surface area contributed by atoms with Crippen LogP contribution < -0.4 is 19.9 Å². The van der Waals surface area contributed by atoms with Crippen molar-refractivity contribution in [2.75, 3.05) is 20.0 Å². The molecule has 0 aliphatic heterocycles. The Kier molecular flexibility index (Phi) is 3.47. The molecule has 1 aromatic carbocycles. The average Bonchev–Trinajstić information content (AvgIpc) is 2.41. The molecular weight excluding hydrogens is 234 g/mol. The normalized spacial score (nSPS) is 9.89. The number of hydrogen-bond acceptors (Lipinski definition) is 6. The van der Waals surface area contributed by atoms with Crippen LogP contribution in [0.3, 0.4) is 0 Å². The number of rotatable bonds is 4. The number of hydrogen-bond donors (Lipinski definition) is 1. The molecule has 0 saturated carbocycles. The Morgan fingerprint density at radius 2 is 1.72 bits per heavy atom. The summed E-state index contributed by atoms with van der Waals surface area (Å²) in [5.41, 5.74) is 6.06. The van der Waals surface area contributed by atoms with Crippen LogP contribution in [0.15, 0.2) is 30.6 Å². The second-order valence-electron chi connectivity index (χ2n) is 3.38. The van der Waals surface area contributed by atoms with Crippen LogP contribution in [-0.4, -0.2) is 24.2 Å². The van der Waals surface area contributed by atoms with E-state index in [0.717, 1.165) is 0 Å². The number of benzene rings is 1. The van der Waals surface area contributed by atoms with Crippen LogP contribution in [0.2, 0.25) is 0 Å². The summed E-state index contributed by atoms with van der Waals surface area (Å²) in [5.74, 6) is 1.78. The molecule has 0 aliphatic rings. The quantitative estimate of drug-likeness (QED) is 0.888. The number of ether oxygens (including phenoxy) is 3. The first-order valence-corrected chi connectivity index (χ1v) is 5.21. The first kappa shape index (κ1) is 12.0. The lowest BCUT2D eigenvalue weighted by atomic mass is 10.3. The van der Waals surface area contributed by atoms with Gasteiger partial charge in [-0.05, 0) is 12.1 Å². The molecule has 2 N–H and O–H groups in total. The summed E-state index contributed by atoms with van der Waals surface area (Å²) in [7, 11) is 3.06. The van der Waals surface area contributed by atoms with Gasteiger partial charge in [-0.1, -0.05) is 6.07 Å². The van der Waals surface area contributed by atoms with E-state index in [1.165, 1.54) is 13.4 Å². The fourth-order valence-electron chi connectivity index (χ4n) is 1.38. The van der Waals surface area contributed by atoms with Gasteiger partial charge in [0.05, 0.1) is 14.2 Å². The molecule has 0 spiro atoms. The van der Waals surface area contributed by atoms with Crippen LogP contribution in [0.1, 0.15) is 0 Å². The maximum atomic E-state index is 5.81. The van der Waals surface area contributed by atoms with Crippen molar-refractivity contribution >= 4 is 5.69 Å². The van der Waals surface area contributed by atoms with E-state index in [4.69, 9.17) is 19.9 Å². The third-order valence-electron chi connectivity index (χ3n) is 2.26. The molecule has 0 fully saturated rings.